The van der Waals surface area contributed by atoms with Crippen molar-refractivity contribution in [3.05, 3.63) is 96.6 Å². The number of halogens is 1. The highest BCUT2D eigenvalue weighted by Crippen LogP contribution is 2.27. The largest absolute Gasteiger partial charge is 0.391 e. The predicted octanol–water partition coefficient (Wildman–Crippen LogP) is 5.47. The molecule has 8 heteroatoms. The van der Waals surface area contributed by atoms with Gasteiger partial charge in [-0.05, 0) is 85.3 Å². The average Bonchev–Trinajstić information content (AvgIpc) is 3.50. The van der Waals surface area contributed by atoms with Crippen molar-refractivity contribution in [1.82, 2.24) is 4.57 Å². The monoisotopic (exact) mass is 485 g/mol. The van der Waals surface area contributed by atoms with Crippen LogP contribution in [0, 0.1) is 5.82 Å². The summed E-state index contributed by atoms with van der Waals surface area (Å²) in [5, 5.41) is 18.9. The zero-order chi connectivity index (χ0) is 25.1. The fraction of sp³-hybridized carbons (Fsp3) is 0.179. The summed E-state index contributed by atoms with van der Waals surface area (Å²) in [5.41, 5.74) is 4.83. The van der Waals surface area contributed by atoms with E-state index in [1.165, 1.54) is 6.07 Å². The van der Waals surface area contributed by atoms with Crippen LogP contribution >= 0.6 is 0 Å². The van der Waals surface area contributed by atoms with E-state index in [4.69, 9.17) is 0 Å². The first-order chi connectivity index (χ1) is 17.4. The Bertz CT molecular complexity index is 1350. The molecule has 36 heavy (non-hydrogen) atoms. The minimum atomic E-state index is -0.385. The van der Waals surface area contributed by atoms with Crippen LogP contribution in [0.1, 0.15) is 16.9 Å². The summed E-state index contributed by atoms with van der Waals surface area (Å²) in [5.74, 6) is -0.578. The van der Waals surface area contributed by atoms with Crippen LogP contribution in [0.5, 0.6) is 0 Å². The lowest BCUT2D eigenvalue weighted by Gasteiger charge is -2.18. The maximum Gasteiger partial charge on any atom is 0.272 e. The highest BCUT2D eigenvalue weighted by molar-refractivity contribution is 6.03. The number of nitrogens with one attached hydrogen (secondary N) is 3. The third-order valence-corrected chi connectivity index (χ3v) is 6.25. The number of hydrogen-bond donors (Lipinski definition) is 4. The van der Waals surface area contributed by atoms with Crippen LogP contribution in [0.2, 0.25) is 0 Å². The maximum absolute atomic E-state index is 14.8. The predicted molar refractivity (Wildman–Crippen MR) is 142 cm³/mol. The summed E-state index contributed by atoms with van der Waals surface area (Å²) < 4.78 is 16.5. The van der Waals surface area contributed by atoms with E-state index in [1.807, 2.05) is 49.6 Å². The van der Waals surface area contributed by atoms with Crippen LogP contribution in [0.4, 0.5) is 38.5 Å². The number of aromatic nitrogens is 1. The Morgan fingerprint density at radius 3 is 2.22 bits per heavy atom. The highest BCUT2D eigenvalue weighted by Gasteiger charge is 2.20. The molecule has 0 spiro atoms. The van der Waals surface area contributed by atoms with Crippen LogP contribution in [0.25, 0.3) is 0 Å². The van der Waals surface area contributed by atoms with E-state index >= 15 is 0 Å². The molecule has 1 fully saturated rings. The van der Waals surface area contributed by atoms with Gasteiger partial charge in [0.1, 0.15) is 11.5 Å². The van der Waals surface area contributed by atoms with E-state index in [0.717, 1.165) is 24.3 Å². The lowest BCUT2D eigenvalue weighted by molar-refractivity contribution is 0.101. The van der Waals surface area contributed by atoms with Crippen molar-refractivity contribution >= 4 is 40.0 Å². The molecule has 7 nitrogen and oxygen atoms in total. The Morgan fingerprint density at radius 1 is 0.917 bits per heavy atom. The van der Waals surface area contributed by atoms with Crippen molar-refractivity contribution in [1.29, 1.82) is 0 Å². The number of aryl methyl sites for hydroxylation is 1. The smallest absolute Gasteiger partial charge is 0.272 e. The maximum atomic E-state index is 14.8. The second kappa shape index (κ2) is 10.1. The van der Waals surface area contributed by atoms with Gasteiger partial charge in [0.15, 0.2) is 0 Å². The quantitative estimate of drug-likeness (QED) is 0.279. The van der Waals surface area contributed by atoms with Crippen LogP contribution in [0.15, 0.2) is 85.1 Å². The molecule has 1 atom stereocenters. The summed E-state index contributed by atoms with van der Waals surface area (Å²) in [7, 11) is 1.81. The Labute approximate surface area is 209 Å². The third-order valence-electron chi connectivity index (χ3n) is 6.25. The van der Waals surface area contributed by atoms with Crippen molar-refractivity contribution in [2.75, 3.05) is 33.9 Å². The number of carbonyl (C=O) groups excluding carboxylic acids is 1. The van der Waals surface area contributed by atoms with E-state index in [-0.39, 0.29) is 17.8 Å². The summed E-state index contributed by atoms with van der Waals surface area (Å²) in [6.07, 6.45) is 2.33. The van der Waals surface area contributed by atoms with Crippen LogP contribution in [-0.2, 0) is 7.05 Å². The summed E-state index contributed by atoms with van der Waals surface area (Å²) in [6, 6.07) is 23.5. The van der Waals surface area contributed by atoms with Crippen molar-refractivity contribution < 1.29 is 14.3 Å². The van der Waals surface area contributed by atoms with E-state index in [2.05, 4.69) is 20.9 Å². The first kappa shape index (κ1) is 23.4. The zero-order valence-corrected chi connectivity index (χ0v) is 19.9. The number of amides is 1. The number of anilines is 6. The van der Waals surface area contributed by atoms with Crippen LogP contribution < -0.4 is 20.9 Å². The fourth-order valence-electron chi connectivity index (χ4n) is 4.28. The lowest BCUT2D eigenvalue weighted by Crippen LogP contribution is -2.20. The van der Waals surface area contributed by atoms with E-state index in [1.54, 1.807) is 41.0 Å². The first-order valence-electron chi connectivity index (χ1n) is 11.8. The van der Waals surface area contributed by atoms with E-state index < -0.39 is 0 Å². The number of benzene rings is 3. The molecule has 5 rings (SSSR count). The Morgan fingerprint density at radius 2 is 1.58 bits per heavy atom. The summed E-state index contributed by atoms with van der Waals surface area (Å²) in [4.78, 5) is 14.5. The highest BCUT2D eigenvalue weighted by atomic mass is 19.1. The Hall–Kier alpha value is -4.30. The molecule has 2 heterocycles. The lowest BCUT2D eigenvalue weighted by atomic mass is 10.2. The molecule has 4 aromatic rings. The molecule has 1 aromatic heterocycles. The normalized spacial score (nSPS) is 15.1. The summed E-state index contributed by atoms with van der Waals surface area (Å²) in [6.45, 7) is 1.50. The molecular weight excluding hydrogens is 457 g/mol. The van der Waals surface area contributed by atoms with Crippen molar-refractivity contribution in [2.45, 2.75) is 12.5 Å². The van der Waals surface area contributed by atoms with Gasteiger partial charge < -0.3 is 30.5 Å². The van der Waals surface area contributed by atoms with Gasteiger partial charge >= 0.3 is 0 Å². The molecular formula is C28H28FN5O2. The summed E-state index contributed by atoms with van der Waals surface area (Å²) >= 11 is 0. The van der Waals surface area contributed by atoms with Crippen molar-refractivity contribution in [2.24, 2.45) is 7.05 Å². The fourth-order valence-corrected chi connectivity index (χ4v) is 4.28. The molecule has 4 N–H and O–H groups in total. The molecule has 184 valence electrons. The molecule has 0 aliphatic carbocycles. The van der Waals surface area contributed by atoms with Gasteiger partial charge in [-0.25, -0.2) is 4.39 Å². The zero-order valence-electron chi connectivity index (χ0n) is 19.9. The molecule has 0 unspecified atom stereocenters. The minimum absolute atomic E-state index is 0.193. The number of hydrogen-bond acceptors (Lipinski definition) is 5. The molecule has 0 radical (unpaired) electrons. The third kappa shape index (κ3) is 5.34. The number of rotatable bonds is 7. The number of aliphatic hydroxyl groups excluding tert-OH is 1. The second-order valence-corrected chi connectivity index (χ2v) is 8.92. The second-order valence-electron chi connectivity index (χ2n) is 8.92. The average molecular weight is 486 g/mol. The van der Waals surface area contributed by atoms with Gasteiger partial charge in [0.05, 0.1) is 11.8 Å². The molecule has 1 aliphatic heterocycles. The first-order valence-corrected chi connectivity index (χ1v) is 11.8. The van der Waals surface area contributed by atoms with E-state index in [0.29, 0.717) is 35.0 Å². The van der Waals surface area contributed by atoms with Crippen molar-refractivity contribution in [3.63, 3.8) is 0 Å². The van der Waals surface area contributed by atoms with Gasteiger partial charge in [-0.2, -0.15) is 0 Å². The number of β-amino-alcohol motifs (C(OH)–C–C–N with tert-alkyl or cyclic N) is 1. The SMILES string of the molecule is Cn1cccc1C(=O)Nc1ccc(Nc2ccc(Nc3ccc(N4CC[C@@H](O)C4)cc3)cc2F)cc1. The number of aliphatic hydroxyl groups is 1. The molecule has 1 aliphatic rings. The number of carbonyl (C=O) groups is 1. The van der Waals surface area contributed by atoms with Gasteiger partial charge in [0.2, 0.25) is 0 Å². The Kier molecular flexibility index (Phi) is 6.60. The topological polar surface area (TPSA) is 81.6 Å². The van der Waals surface area contributed by atoms with Crippen LogP contribution in [0.3, 0.4) is 0 Å². The molecule has 1 saturated heterocycles. The van der Waals surface area contributed by atoms with Gasteiger partial charge in [0.25, 0.3) is 5.91 Å². The Balaban J connectivity index is 1.19. The number of nitrogens with zero attached hydrogens (tertiary/aromatic N) is 2. The molecule has 0 bridgehead atoms. The van der Waals surface area contributed by atoms with Gasteiger partial charge in [0, 0.05) is 54.8 Å². The van der Waals surface area contributed by atoms with Crippen LogP contribution in [-0.4, -0.2) is 34.8 Å². The standard InChI is InChI=1S/C28H28FN5O2/c1-33-15-2-3-27(33)28(36)32-21-6-4-20(5-7-21)31-26-13-10-22(17-25(26)29)30-19-8-11-23(12-9-19)34-16-14-24(35)18-34/h2-13,15,17,24,30-31,35H,14,16,18H2,1H3,(H,32,36)/t24-/m1/s1. The van der Waals surface area contributed by atoms with Gasteiger partial charge in [-0.15, -0.1) is 0 Å². The minimum Gasteiger partial charge on any atom is -0.391 e. The molecule has 3 aromatic carbocycles. The van der Waals surface area contributed by atoms with E-state index in [9.17, 15) is 14.3 Å². The van der Waals surface area contributed by atoms with Crippen molar-refractivity contribution in [3.8, 4) is 0 Å². The molecule has 1 amide bonds. The molecule has 0 saturated carbocycles. The van der Waals surface area contributed by atoms with Gasteiger partial charge in [-0.1, -0.05) is 0 Å². The van der Waals surface area contributed by atoms with Gasteiger partial charge in [-0.3, -0.25) is 4.79 Å².